The van der Waals surface area contributed by atoms with Gasteiger partial charge in [0.1, 0.15) is 5.75 Å². The quantitative estimate of drug-likeness (QED) is 0.620. The summed E-state index contributed by atoms with van der Waals surface area (Å²) >= 11 is 13.4. The van der Waals surface area contributed by atoms with Gasteiger partial charge in [0.15, 0.2) is 0 Å². The molecule has 0 aromatic heterocycles. The van der Waals surface area contributed by atoms with E-state index in [1.54, 1.807) is 7.11 Å². The maximum atomic E-state index is 6.20. The van der Waals surface area contributed by atoms with E-state index in [-0.39, 0.29) is 4.83 Å². The molecule has 0 saturated carbocycles. The van der Waals surface area contributed by atoms with Gasteiger partial charge in [-0.2, -0.15) is 0 Å². The largest absolute Gasteiger partial charge is 0.496 e. The number of alkyl halides is 1. The molecule has 2 aromatic carbocycles. The van der Waals surface area contributed by atoms with Crippen molar-refractivity contribution in [3.8, 4) is 5.75 Å². The van der Waals surface area contributed by atoms with E-state index in [1.165, 1.54) is 0 Å². The second-order valence-corrected chi connectivity index (χ2v) is 5.96. The summed E-state index contributed by atoms with van der Waals surface area (Å²) in [5.41, 5.74) is 2.17. The fourth-order valence-electron chi connectivity index (χ4n) is 1.70. The first-order valence-electron chi connectivity index (χ1n) is 5.35. The highest BCUT2D eigenvalue weighted by Crippen LogP contribution is 2.37. The molecule has 0 N–H and O–H groups in total. The molecule has 1 nitrogen and oxygen atoms in total. The van der Waals surface area contributed by atoms with Gasteiger partial charge in [0.25, 0.3) is 0 Å². The molecule has 1 unspecified atom stereocenters. The molecular formula is C14H11Br2ClO. The van der Waals surface area contributed by atoms with Crippen molar-refractivity contribution in [2.75, 3.05) is 7.11 Å². The Labute approximate surface area is 128 Å². The van der Waals surface area contributed by atoms with Gasteiger partial charge in [0.2, 0.25) is 0 Å². The first-order chi connectivity index (χ1) is 8.63. The van der Waals surface area contributed by atoms with Crippen molar-refractivity contribution in [1.82, 2.24) is 0 Å². The molecular weight excluding hydrogens is 379 g/mol. The number of rotatable bonds is 3. The maximum Gasteiger partial charge on any atom is 0.133 e. The molecule has 0 fully saturated rings. The second-order valence-electron chi connectivity index (χ2n) is 3.78. The minimum atomic E-state index is 0.0633. The van der Waals surface area contributed by atoms with Crippen LogP contribution in [0.4, 0.5) is 0 Å². The highest BCUT2D eigenvalue weighted by Gasteiger charge is 2.14. The first-order valence-corrected chi connectivity index (χ1v) is 7.44. The minimum absolute atomic E-state index is 0.0633. The van der Waals surface area contributed by atoms with Crippen LogP contribution in [0.15, 0.2) is 46.9 Å². The second kappa shape index (κ2) is 6.09. The molecule has 0 bridgehead atoms. The Morgan fingerprint density at radius 2 is 1.89 bits per heavy atom. The fourth-order valence-corrected chi connectivity index (χ4v) is 3.32. The third-order valence-corrected chi connectivity index (χ3v) is 4.63. The van der Waals surface area contributed by atoms with Crippen molar-refractivity contribution in [3.05, 3.63) is 63.1 Å². The summed E-state index contributed by atoms with van der Waals surface area (Å²) in [5, 5.41) is 0.756. The van der Waals surface area contributed by atoms with Gasteiger partial charge in [0, 0.05) is 5.02 Å². The van der Waals surface area contributed by atoms with Gasteiger partial charge in [-0.15, -0.1) is 0 Å². The molecule has 0 aliphatic heterocycles. The predicted octanol–water partition coefficient (Wildman–Crippen LogP) is 5.60. The van der Waals surface area contributed by atoms with Crippen molar-refractivity contribution < 1.29 is 4.74 Å². The number of methoxy groups -OCH3 is 1. The smallest absolute Gasteiger partial charge is 0.133 e. The standard InChI is InChI=1S/C14H11Br2ClO/c1-18-13-7-6-9(8-11(13)15)14(16)10-4-2-3-5-12(10)17/h2-8,14H,1H3. The van der Waals surface area contributed by atoms with Crippen LogP contribution in [-0.2, 0) is 0 Å². The molecule has 0 radical (unpaired) electrons. The zero-order valence-electron chi connectivity index (χ0n) is 9.66. The first kappa shape index (κ1) is 13.9. The van der Waals surface area contributed by atoms with Crippen molar-refractivity contribution in [2.45, 2.75) is 4.83 Å². The summed E-state index contributed by atoms with van der Waals surface area (Å²) in [4.78, 5) is 0.0633. The molecule has 18 heavy (non-hydrogen) atoms. The summed E-state index contributed by atoms with van der Waals surface area (Å²) in [5.74, 6) is 0.817. The highest BCUT2D eigenvalue weighted by atomic mass is 79.9. The lowest BCUT2D eigenvalue weighted by Crippen LogP contribution is -1.94. The SMILES string of the molecule is COc1ccc(C(Br)c2ccccc2Cl)cc1Br. The maximum absolute atomic E-state index is 6.20. The van der Waals surface area contributed by atoms with Gasteiger partial charge in [-0.3, -0.25) is 0 Å². The van der Waals surface area contributed by atoms with Crippen LogP contribution < -0.4 is 4.74 Å². The zero-order valence-corrected chi connectivity index (χ0v) is 13.6. The summed E-state index contributed by atoms with van der Waals surface area (Å²) in [6, 6.07) is 13.8. The van der Waals surface area contributed by atoms with Gasteiger partial charge in [-0.05, 0) is 45.3 Å². The molecule has 94 valence electrons. The Hall–Kier alpha value is -0.510. The fraction of sp³-hybridized carbons (Fsp3) is 0.143. The lowest BCUT2D eigenvalue weighted by Gasteiger charge is -2.14. The van der Waals surface area contributed by atoms with Crippen LogP contribution in [0.2, 0.25) is 5.02 Å². The van der Waals surface area contributed by atoms with E-state index in [1.807, 2.05) is 42.5 Å². The van der Waals surface area contributed by atoms with Crippen molar-refractivity contribution in [1.29, 1.82) is 0 Å². The zero-order chi connectivity index (χ0) is 13.1. The van der Waals surface area contributed by atoms with Crippen LogP contribution in [0, 0.1) is 0 Å². The number of halogens is 3. The Kier molecular flexibility index (Phi) is 4.71. The number of hydrogen-bond acceptors (Lipinski definition) is 1. The minimum Gasteiger partial charge on any atom is -0.496 e. The molecule has 2 rings (SSSR count). The van der Waals surface area contributed by atoms with E-state index >= 15 is 0 Å². The topological polar surface area (TPSA) is 9.23 Å². The molecule has 0 saturated heterocycles. The Bertz CT molecular complexity index is 557. The van der Waals surface area contributed by atoms with Crippen LogP contribution in [0.5, 0.6) is 5.75 Å². The molecule has 0 spiro atoms. The Morgan fingerprint density at radius 3 is 2.50 bits per heavy atom. The van der Waals surface area contributed by atoms with Gasteiger partial charge in [-0.25, -0.2) is 0 Å². The highest BCUT2D eigenvalue weighted by molar-refractivity contribution is 9.10. The average Bonchev–Trinajstić information content (AvgIpc) is 2.38. The normalized spacial score (nSPS) is 12.2. The molecule has 0 aliphatic carbocycles. The molecule has 0 aliphatic rings. The van der Waals surface area contributed by atoms with E-state index < -0.39 is 0 Å². The summed E-state index contributed by atoms with van der Waals surface area (Å²) in [6.45, 7) is 0. The third kappa shape index (κ3) is 2.90. The summed E-state index contributed by atoms with van der Waals surface area (Å²) in [6.07, 6.45) is 0. The molecule has 0 amide bonds. The van der Waals surface area contributed by atoms with Crippen molar-refractivity contribution >= 4 is 43.5 Å². The van der Waals surface area contributed by atoms with Crippen LogP contribution in [0.25, 0.3) is 0 Å². The number of benzene rings is 2. The van der Waals surface area contributed by atoms with E-state index in [2.05, 4.69) is 31.9 Å². The number of ether oxygens (including phenoxy) is 1. The van der Waals surface area contributed by atoms with Gasteiger partial charge in [0.05, 0.1) is 16.4 Å². The lowest BCUT2D eigenvalue weighted by atomic mass is 10.0. The van der Waals surface area contributed by atoms with Gasteiger partial charge in [-0.1, -0.05) is 51.8 Å². The Balaban J connectivity index is 2.37. The third-order valence-electron chi connectivity index (χ3n) is 2.65. The monoisotopic (exact) mass is 388 g/mol. The van der Waals surface area contributed by atoms with Crippen molar-refractivity contribution in [2.24, 2.45) is 0 Å². The van der Waals surface area contributed by atoms with Gasteiger partial charge < -0.3 is 4.74 Å². The van der Waals surface area contributed by atoms with Crippen LogP contribution in [0.1, 0.15) is 16.0 Å². The van der Waals surface area contributed by atoms with Crippen molar-refractivity contribution in [3.63, 3.8) is 0 Å². The van der Waals surface area contributed by atoms with Crippen LogP contribution in [-0.4, -0.2) is 7.11 Å². The van der Waals surface area contributed by atoms with Crippen LogP contribution >= 0.6 is 43.5 Å². The molecule has 2 aromatic rings. The molecule has 0 heterocycles. The number of hydrogen-bond donors (Lipinski definition) is 0. The molecule has 4 heteroatoms. The van der Waals surface area contributed by atoms with Crippen LogP contribution in [0.3, 0.4) is 0 Å². The van der Waals surface area contributed by atoms with E-state index in [0.29, 0.717) is 0 Å². The average molecular weight is 391 g/mol. The summed E-state index contributed by atoms with van der Waals surface area (Å²) < 4.78 is 6.15. The van der Waals surface area contributed by atoms with E-state index in [4.69, 9.17) is 16.3 Å². The predicted molar refractivity (Wildman–Crippen MR) is 82.9 cm³/mol. The summed E-state index contributed by atoms with van der Waals surface area (Å²) in [7, 11) is 1.65. The van der Waals surface area contributed by atoms with E-state index in [9.17, 15) is 0 Å². The van der Waals surface area contributed by atoms with Gasteiger partial charge >= 0.3 is 0 Å². The lowest BCUT2D eigenvalue weighted by molar-refractivity contribution is 0.412. The van der Waals surface area contributed by atoms with E-state index in [0.717, 1.165) is 26.4 Å². The Morgan fingerprint density at radius 1 is 1.17 bits per heavy atom. The molecule has 1 atom stereocenters.